The second-order valence-electron chi connectivity index (χ2n) is 14.3. The third-order valence-electron chi connectivity index (χ3n) is 11.3. The zero-order valence-corrected chi connectivity index (χ0v) is 25.7. The molecule has 2 atom stereocenters. The molecule has 4 bridgehead atoms. The summed E-state index contributed by atoms with van der Waals surface area (Å²) in [5, 5.41) is 1.19. The highest BCUT2D eigenvalue weighted by atomic mass is 16.5. The third kappa shape index (κ3) is 4.85. The second kappa shape index (κ2) is 10.9. The van der Waals surface area contributed by atoms with Crippen molar-refractivity contribution in [3.05, 3.63) is 107 Å². The van der Waals surface area contributed by atoms with Crippen LogP contribution in [0.3, 0.4) is 0 Å². The van der Waals surface area contributed by atoms with E-state index in [0.717, 1.165) is 36.3 Å². The van der Waals surface area contributed by atoms with Crippen LogP contribution in [-0.4, -0.2) is 27.4 Å². The maximum atomic E-state index is 14.0. The van der Waals surface area contributed by atoms with Crippen LogP contribution in [0.5, 0.6) is 0 Å². The van der Waals surface area contributed by atoms with Gasteiger partial charge in [0.2, 0.25) is 5.91 Å². The van der Waals surface area contributed by atoms with Crippen LogP contribution in [-0.2, 0) is 33.9 Å². The average molecular weight is 587 g/mol. The predicted molar refractivity (Wildman–Crippen MR) is 172 cm³/mol. The molecule has 5 nitrogen and oxygen atoms in total. The molecule has 0 saturated heterocycles. The number of aromatic nitrogens is 1. The SMILES string of the molecule is CC(=O)N1[C@@H](C(=O)OCc2ccccc2)Cc2c(n(Cc3ccccc3)c3ccccc23)[C@@H]1CC12CC3CC(CC(C3)C1)C2. The van der Waals surface area contributed by atoms with E-state index in [2.05, 4.69) is 59.2 Å². The summed E-state index contributed by atoms with van der Waals surface area (Å²) in [6.45, 7) is 2.60. The Hall–Kier alpha value is -3.86. The Kier molecular flexibility index (Phi) is 6.88. The molecule has 3 aromatic carbocycles. The maximum Gasteiger partial charge on any atom is 0.329 e. The zero-order chi connectivity index (χ0) is 29.8. The number of nitrogens with zero attached hydrogens (tertiary/aromatic N) is 2. The van der Waals surface area contributed by atoms with Crippen molar-refractivity contribution in [2.24, 2.45) is 23.2 Å². The first-order chi connectivity index (χ1) is 21.5. The summed E-state index contributed by atoms with van der Waals surface area (Å²) in [7, 11) is 0. The van der Waals surface area contributed by atoms with Crippen molar-refractivity contribution in [3.63, 3.8) is 0 Å². The molecule has 4 saturated carbocycles. The van der Waals surface area contributed by atoms with E-state index in [9.17, 15) is 9.59 Å². The van der Waals surface area contributed by atoms with Crippen molar-refractivity contribution < 1.29 is 14.3 Å². The Labute approximate surface area is 260 Å². The lowest BCUT2D eigenvalue weighted by molar-refractivity contribution is -0.160. The van der Waals surface area contributed by atoms with E-state index in [0.29, 0.717) is 6.42 Å². The first-order valence-electron chi connectivity index (χ1n) is 16.6. The molecule has 44 heavy (non-hydrogen) atoms. The van der Waals surface area contributed by atoms with Gasteiger partial charge in [-0.2, -0.15) is 0 Å². The quantitative estimate of drug-likeness (QED) is 0.207. The molecule has 1 aromatic heterocycles. The molecule has 4 aromatic rings. The van der Waals surface area contributed by atoms with Gasteiger partial charge in [0.25, 0.3) is 0 Å². The van der Waals surface area contributed by atoms with Gasteiger partial charge < -0.3 is 14.2 Å². The van der Waals surface area contributed by atoms with E-state index < -0.39 is 6.04 Å². The Morgan fingerprint density at radius 1 is 0.795 bits per heavy atom. The summed E-state index contributed by atoms with van der Waals surface area (Å²) < 4.78 is 8.44. The van der Waals surface area contributed by atoms with Gasteiger partial charge in [-0.1, -0.05) is 78.9 Å². The molecular formula is C39H42N2O3. The molecule has 4 aliphatic carbocycles. The molecule has 0 N–H and O–H groups in total. The summed E-state index contributed by atoms with van der Waals surface area (Å²) >= 11 is 0. The minimum absolute atomic E-state index is 0.0384. The van der Waals surface area contributed by atoms with E-state index in [4.69, 9.17) is 4.74 Å². The number of rotatable bonds is 7. The van der Waals surface area contributed by atoms with Gasteiger partial charge in [0.05, 0.1) is 6.04 Å². The summed E-state index contributed by atoms with van der Waals surface area (Å²) in [6, 6.07) is 28.3. The Morgan fingerprint density at radius 2 is 1.39 bits per heavy atom. The van der Waals surface area contributed by atoms with Crippen molar-refractivity contribution in [1.82, 2.24) is 9.47 Å². The number of hydrogen-bond donors (Lipinski definition) is 0. The molecule has 0 radical (unpaired) electrons. The topological polar surface area (TPSA) is 51.5 Å². The fraction of sp³-hybridized carbons (Fsp3) is 0.436. The van der Waals surface area contributed by atoms with Crippen LogP contribution in [0.1, 0.15) is 80.3 Å². The number of carbonyl (C=O) groups excluding carboxylic acids is 2. The lowest BCUT2D eigenvalue weighted by Crippen LogP contribution is -2.54. The van der Waals surface area contributed by atoms with E-state index >= 15 is 0 Å². The van der Waals surface area contributed by atoms with E-state index in [-0.39, 0.29) is 29.9 Å². The van der Waals surface area contributed by atoms with Crippen LogP contribution in [0.15, 0.2) is 84.9 Å². The summed E-state index contributed by atoms with van der Waals surface area (Å²) in [6.07, 6.45) is 9.34. The zero-order valence-electron chi connectivity index (χ0n) is 25.7. The molecule has 226 valence electrons. The van der Waals surface area contributed by atoms with Crippen molar-refractivity contribution in [1.29, 1.82) is 0 Å². The number of amides is 1. The van der Waals surface area contributed by atoms with Crippen molar-refractivity contribution in [3.8, 4) is 0 Å². The highest BCUT2D eigenvalue weighted by molar-refractivity contribution is 5.90. The first-order valence-corrected chi connectivity index (χ1v) is 16.6. The van der Waals surface area contributed by atoms with Crippen LogP contribution in [0.4, 0.5) is 0 Å². The molecule has 0 unspecified atom stereocenters. The molecule has 1 amide bonds. The van der Waals surface area contributed by atoms with Crippen LogP contribution >= 0.6 is 0 Å². The molecular weight excluding hydrogens is 544 g/mol. The highest BCUT2D eigenvalue weighted by Gasteiger charge is 2.54. The van der Waals surface area contributed by atoms with Crippen LogP contribution in [0, 0.1) is 23.2 Å². The highest BCUT2D eigenvalue weighted by Crippen LogP contribution is 2.63. The number of carbonyl (C=O) groups is 2. The van der Waals surface area contributed by atoms with E-state index in [1.807, 2.05) is 35.2 Å². The predicted octanol–water partition coefficient (Wildman–Crippen LogP) is 7.85. The summed E-state index contributed by atoms with van der Waals surface area (Å²) in [5.74, 6) is 2.11. The van der Waals surface area contributed by atoms with Crippen molar-refractivity contribution in [2.45, 2.75) is 83.5 Å². The van der Waals surface area contributed by atoms with Gasteiger partial charge in [-0.25, -0.2) is 4.79 Å². The normalized spacial score (nSPS) is 28.7. The standard InChI is InChI=1S/C39H42N2O3/c1-26(42)41-35(38(43)44-25-28-12-6-3-7-13-28)19-33-32-14-8-9-15-34(32)40(24-27-10-4-2-5-11-27)37(33)36(41)23-39-20-29-16-30(21-39)18-31(17-29)22-39/h2-15,29-31,35-36H,16-25H2,1H3/t29?,30?,31?,35-,36+,39?/m1/s1. The number of hydrogen-bond acceptors (Lipinski definition) is 3. The van der Waals surface area contributed by atoms with Gasteiger partial charge >= 0.3 is 5.97 Å². The Bertz CT molecular complexity index is 1660. The van der Waals surface area contributed by atoms with Gasteiger partial charge in [0, 0.05) is 36.5 Å². The van der Waals surface area contributed by atoms with E-state index in [1.165, 1.54) is 66.2 Å². The average Bonchev–Trinajstić information content (AvgIpc) is 3.33. The molecule has 4 fully saturated rings. The molecule has 2 heterocycles. The molecule has 9 rings (SSSR count). The molecule has 1 aliphatic heterocycles. The van der Waals surface area contributed by atoms with Gasteiger partial charge in [-0.3, -0.25) is 4.79 Å². The van der Waals surface area contributed by atoms with Gasteiger partial charge in [0.15, 0.2) is 0 Å². The largest absolute Gasteiger partial charge is 0.459 e. The fourth-order valence-electron chi connectivity index (χ4n) is 10.2. The third-order valence-corrected chi connectivity index (χ3v) is 11.3. The fourth-order valence-corrected chi connectivity index (χ4v) is 10.2. The first kappa shape index (κ1) is 27.7. The van der Waals surface area contributed by atoms with Crippen LogP contribution in [0.25, 0.3) is 10.9 Å². The Morgan fingerprint density at radius 3 is 2.02 bits per heavy atom. The van der Waals surface area contributed by atoms with Gasteiger partial charge in [-0.15, -0.1) is 0 Å². The molecule has 5 aliphatic rings. The summed E-state index contributed by atoms with van der Waals surface area (Å²) in [5.41, 5.74) is 6.05. The monoisotopic (exact) mass is 586 g/mol. The Balaban J connectivity index is 1.24. The van der Waals surface area contributed by atoms with Gasteiger partial charge in [0.1, 0.15) is 12.6 Å². The minimum atomic E-state index is -0.640. The minimum Gasteiger partial charge on any atom is -0.459 e. The number of esters is 1. The number of para-hydroxylation sites is 1. The molecule has 5 heteroatoms. The van der Waals surface area contributed by atoms with Gasteiger partial charge in [-0.05, 0) is 90.9 Å². The van der Waals surface area contributed by atoms with E-state index in [1.54, 1.807) is 6.92 Å². The maximum absolute atomic E-state index is 14.0. The lowest BCUT2D eigenvalue weighted by atomic mass is 9.48. The number of benzene rings is 3. The number of fused-ring (bicyclic) bond motifs is 3. The summed E-state index contributed by atoms with van der Waals surface area (Å²) in [4.78, 5) is 29.7. The lowest BCUT2D eigenvalue weighted by Gasteiger charge is -2.58. The van der Waals surface area contributed by atoms with Crippen molar-refractivity contribution in [2.75, 3.05) is 0 Å². The molecule has 0 spiro atoms. The second-order valence-corrected chi connectivity index (χ2v) is 14.3. The van der Waals surface area contributed by atoms with Crippen LogP contribution < -0.4 is 0 Å². The number of ether oxygens (including phenoxy) is 1. The van der Waals surface area contributed by atoms with Crippen LogP contribution in [0.2, 0.25) is 0 Å². The van der Waals surface area contributed by atoms with Crippen molar-refractivity contribution >= 4 is 22.8 Å². The smallest absolute Gasteiger partial charge is 0.329 e.